The van der Waals surface area contributed by atoms with Gasteiger partial charge in [0.2, 0.25) is 0 Å². The summed E-state index contributed by atoms with van der Waals surface area (Å²) in [5.74, 6) is -0.0323. The normalized spacial score (nSPS) is 11.5. The van der Waals surface area contributed by atoms with Crippen LogP contribution in [0.4, 0.5) is 0 Å². The third-order valence-corrected chi connectivity index (χ3v) is 2.92. The van der Waals surface area contributed by atoms with E-state index in [2.05, 4.69) is 27.7 Å². The number of hydrogen-bond acceptors (Lipinski definition) is 2. The van der Waals surface area contributed by atoms with E-state index < -0.39 is 0 Å². The van der Waals surface area contributed by atoms with Crippen molar-refractivity contribution in [1.82, 2.24) is 0 Å². The molecule has 0 fully saturated rings. The molecule has 0 aromatic heterocycles. The summed E-state index contributed by atoms with van der Waals surface area (Å²) in [4.78, 5) is 11.2. The fourth-order valence-electron chi connectivity index (χ4n) is 1.93. The van der Waals surface area contributed by atoms with Crippen molar-refractivity contribution in [1.29, 1.82) is 0 Å². The van der Waals surface area contributed by atoms with Gasteiger partial charge in [0.05, 0.1) is 6.61 Å². The van der Waals surface area contributed by atoms with E-state index in [9.17, 15) is 4.79 Å². The standard InChI is InChI=1S/C14H28O2/c1-5-7-9-13(15)16-12-8-11-14(3,4)10-6-2/h5-12H2,1-4H3. The molecule has 0 atom stereocenters. The Hall–Kier alpha value is -0.530. The lowest BCUT2D eigenvalue weighted by atomic mass is 9.83. The minimum atomic E-state index is -0.0323. The Morgan fingerprint density at radius 2 is 1.75 bits per heavy atom. The van der Waals surface area contributed by atoms with Crippen LogP contribution in [0, 0.1) is 5.41 Å². The van der Waals surface area contributed by atoms with Gasteiger partial charge in [-0.1, -0.05) is 40.5 Å². The molecule has 16 heavy (non-hydrogen) atoms. The van der Waals surface area contributed by atoms with Crippen LogP contribution in [-0.4, -0.2) is 12.6 Å². The van der Waals surface area contributed by atoms with Gasteiger partial charge >= 0.3 is 5.97 Å². The van der Waals surface area contributed by atoms with E-state index >= 15 is 0 Å². The molecule has 0 unspecified atom stereocenters. The predicted octanol–water partition coefficient (Wildman–Crippen LogP) is 4.33. The van der Waals surface area contributed by atoms with Crippen LogP contribution in [0.5, 0.6) is 0 Å². The van der Waals surface area contributed by atoms with Gasteiger partial charge in [-0.05, 0) is 31.1 Å². The summed E-state index contributed by atoms with van der Waals surface area (Å²) < 4.78 is 5.18. The summed E-state index contributed by atoms with van der Waals surface area (Å²) in [6.07, 6.45) is 7.18. The first-order valence-electron chi connectivity index (χ1n) is 6.67. The molecule has 2 nitrogen and oxygen atoms in total. The first-order chi connectivity index (χ1) is 7.52. The Labute approximate surface area is 101 Å². The minimum Gasteiger partial charge on any atom is -0.466 e. The van der Waals surface area contributed by atoms with Crippen molar-refractivity contribution in [3.05, 3.63) is 0 Å². The molecule has 2 heteroatoms. The van der Waals surface area contributed by atoms with Crippen molar-refractivity contribution >= 4 is 5.97 Å². The average molecular weight is 228 g/mol. The SMILES string of the molecule is CCCCC(=O)OCCCC(C)(C)CCC. The van der Waals surface area contributed by atoms with Gasteiger partial charge in [-0.3, -0.25) is 4.79 Å². The van der Waals surface area contributed by atoms with Gasteiger partial charge in [-0.2, -0.15) is 0 Å². The third-order valence-electron chi connectivity index (χ3n) is 2.92. The Kier molecular flexibility index (Phi) is 8.32. The summed E-state index contributed by atoms with van der Waals surface area (Å²) in [6.45, 7) is 9.47. The fourth-order valence-corrected chi connectivity index (χ4v) is 1.93. The number of hydrogen-bond donors (Lipinski definition) is 0. The lowest BCUT2D eigenvalue weighted by Gasteiger charge is -2.23. The predicted molar refractivity (Wildman–Crippen MR) is 68.4 cm³/mol. The zero-order valence-corrected chi connectivity index (χ0v) is 11.5. The van der Waals surface area contributed by atoms with E-state index in [1.54, 1.807) is 0 Å². The van der Waals surface area contributed by atoms with Gasteiger partial charge in [0.25, 0.3) is 0 Å². The topological polar surface area (TPSA) is 26.3 Å². The maximum absolute atomic E-state index is 11.2. The van der Waals surface area contributed by atoms with Crippen LogP contribution >= 0.6 is 0 Å². The van der Waals surface area contributed by atoms with Crippen molar-refractivity contribution in [2.45, 2.75) is 72.6 Å². The number of unbranched alkanes of at least 4 members (excludes halogenated alkanes) is 1. The second-order valence-electron chi connectivity index (χ2n) is 5.34. The molecule has 0 amide bonds. The van der Waals surface area contributed by atoms with E-state index in [1.807, 2.05) is 0 Å². The van der Waals surface area contributed by atoms with Crippen LogP contribution in [-0.2, 0) is 9.53 Å². The van der Waals surface area contributed by atoms with E-state index in [4.69, 9.17) is 4.74 Å². The number of carbonyl (C=O) groups excluding carboxylic acids is 1. The lowest BCUT2D eigenvalue weighted by Crippen LogP contribution is -2.13. The van der Waals surface area contributed by atoms with E-state index in [0.717, 1.165) is 25.7 Å². The van der Waals surface area contributed by atoms with Crippen LogP contribution in [0.25, 0.3) is 0 Å². The van der Waals surface area contributed by atoms with Gasteiger partial charge in [0.1, 0.15) is 0 Å². The second-order valence-corrected chi connectivity index (χ2v) is 5.34. The smallest absolute Gasteiger partial charge is 0.305 e. The molecule has 96 valence electrons. The lowest BCUT2D eigenvalue weighted by molar-refractivity contribution is -0.144. The van der Waals surface area contributed by atoms with Gasteiger partial charge in [0.15, 0.2) is 0 Å². The zero-order valence-electron chi connectivity index (χ0n) is 11.5. The highest BCUT2D eigenvalue weighted by atomic mass is 16.5. The molecule has 0 aliphatic rings. The van der Waals surface area contributed by atoms with Gasteiger partial charge in [0, 0.05) is 6.42 Å². The quantitative estimate of drug-likeness (QED) is 0.434. The molecule has 0 heterocycles. The first kappa shape index (κ1) is 15.5. The Bertz CT molecular complexity index is 185. The van der Waals surface area contributed by atoms with Gasteiger partial charge in [-0.15, -0.1) is 0 Å². The Balaban J connectivity index is 3.48. The highest BCUT2D eigenvalue weighted by Crippen LogP contribution is 2.27. The minimum absolute atomic E-state index is 0.0323. The summed E-state index contributed by atoms with van der Waals surface area (Å²) in [5.41, 5.74) is 0.393. The van der Waals surface area contributed by atoms with Crippen molar-refractivity contribution in [3.63, 3.8) is 0 Å². The van der Waals surface area contributed by atoms with Crippen molar-refractivity contribution < 1.29 is 9.53 Å². The Morgan fingerprint density at radius 3 is 2.31 bits per heavy atom. The average Bonchev–Trinajstić information content (AvgIpc) is 2.21. The molecule has 0 saturated carbocycles. The molecule has 0 N–H and O–H groups in total. The number of rotatable bonds is 9. The largest absolute Gasteiger partial charge is 0.466 e. The molecule has 0 bridgehead atoms. The highest BCUT2D eigenvalue weighted by molar-refractivity contribution is 5.69. The molecular weight excluding hydrogens is 200 g/mol. The summed E-state index contributed by atoms with van der Waals surface area (Å²) in [7, 11) is 0. The van der Waals surface area contributed by atoms with E-state index in [-0.39, 0.29) is 5.97 Å². The maximum atomic E-state index is 11.2. The zero-order chi connectivity index (χ0) is 12.4. The van der Waals surface area contributed by atoms with E-state index in [1.165, 1.54) is 12.8 Å². The van der Waals surface area contributed by atoms with Crippen LogP contribution in [0.1, 0.15) is 72.6 Å². The van der Waals surface area contributed by atoms with Crippen LogP contribution in [0.2, 0.25) is 0 Å². The second kappa shape index (κ2) is 8.60. The summed E-state index contributed by atoms with van der Waals surface area (Å²) in [6, 6.07) is 0. The summed E-state index contributed by atoms with van der Waals surface area (Å²) in [5, 5.41) is 0. The van der Waals surface area contributed by atoms with Crippen LogP contribution in [0.3, 0.4) is 0 Å². The molecule has 0 spiro atoms. The molecular formula is C14H28O2. The molecule has 0 rings (SSSR count). The van der Waals surface area contributed by atoms with Crippen LogP contribution in [0.15, 0.2) is 0 Å². The third kappa shape index (κ3) is 8.75. The molecule has 0 radical (unpaired) electrons. The Morgan fingerprint density at radius 1 is 1.06 bits per heavy atom. The number of ether oxygens (including phenoxy) is 1. The number of carbonyl (C=O) groups is 1. The van der Waals surface area contributed by atoms with Crippen molar-refractivity contribution in [2.75, 3.05) is 6.61 Å². The van der Waals surface area contributed by atoms with Crippen molar-refractivity contribution in [3.8, 4) is 0 Å². The van der Waals surface area contributed by atoms with Crippen molar-refractivity contribution in [2.24, 2.45) is 5.41 Å². The first-order valence-corrected chi connectivity index (χ1v) is 6.67. The molecule has 0 aromatic rings. The molecule has 0 saturated heterocycles. The molecule has 0 aliphatic carbocycles. The van der Waals surface area contributed by atoms with Gasteiger partial charge < -0.3 is 4.74 Å². The monoisotopic (exact) mass is 228 g/mol. The van der Waals surface area contributed by atoms with Gasteiger partial charge in [-0.25, -0.2) is 0 Å². The van der Waals surface area contributed by atoms with Crippen LogP contribution < -0.4 is 0 Å². The maximum Gasteiger partial charge on any atom is 0.305 e. The summed E-state index contributed by atoms with van der Waals surface area (Å²) >= 11 is 0. The molecule has 0 aliphatic heterocycles. The molecule has 0 aromatic carbocycles. The highest BCUT2D eigenvalue weighted by Gasteiger charge is 2.15. The van der Waals surface area contributed by atoms with E-state index in [0.29, 0.717) is 18.4 Å². The number of esters is 1. The fraction of sp³-hybridized carbons (Fsp3) is 0.929.